The number of hydrogen-bond donors (Lipinski definition) is 0. The molecule has 1 aromatic heterocycles. The molecule has 90 valence electrons. The van der Waals surface area contributed by atoms with Crippen molar-refractivity contribution in [3.05, 3.63) is 59.6 Å². The van der Waals surface area contributed by atoms with E-state index in [9.17, 15) is 0 Å². The van der Waals surface area contributed by atoms with E-state index in [-0.39, 0.29) is 0 Å². The van der Waals surface area contributed by atoms with E-state index in [1.807, 2.05) is 54.6 Å². The molecule has 0 aliphatic rings. The zero-order chi connectivity index (χ0) is 12.8. The molecule has 19 heavy (non-hydrogen) atoms. The van der Waals surface area contributed by atoms with E-state index in [2.05, 4.69) is 4.98 Å². The Hall–Kier alpha value is -2.19. The fourth-order valence-corrected chi connectivity index (χ4v) is 2.68. The van der Waals surface area contributed by atoms with Crippen molar-refractivity contribution in [1.82, 2.24) is 9.97 Å². The third-order valence-electron chi connectivity index (χ3n) is 3.30. The molecule has 0 atom stereocenters. The van der Waals surface area contributed by atoms with Gasteiger partial charge in [0, 0.05) is 5.39 Å². The van der Waals surface area contributed by atoms with Gasteiger partial charge in [0.2, 0.25) is 0 Å². The normalized spacial score (nSPS) is 11.4. The van der Waals surface area contributed by atoms with Crippen molar-refractivity contribution in [1.29, 1.82) is 0 Å². The number of benzene rings is 3. The molecule has 3 heteroatoms. The van der Waals surface area contributed by atoms with Crippen LogP contribution in [-0.4, -0.2) is 9.97 Å². The van der Waals surface area contributed by atoms with Gasteiger partial charge in [0.05, 0.1) is 27.1 Å². The predicted molar refractivity (Wildman–Crippen MR) is 79.6 cm³/mol. The lowest BCUT2D eigenvalue weighted by molar-refractivity contribution is 1.41. The molecule has 0 aliphatic carbocycles. The van der Waals surface area contributed by atoms with Crippen molar-refractivity contribution in [2.24, 2.45) is 0 Å². The highest BCUT2D eigenvalue weighted by Crippen LogP contribution is 2.30. The van der Waals surface area contributed by atoms with Gasteiger partial charge in [-0.2, -0.15) is 0 Å². The lowest BCUT2D eigenvalue weighted by atomic mass is 10.1. The van der Waals surface area contributed by atoms with Crippen LogP contribution in [0.3, 0.4) is 0 Å². The van der Waals surface area contributed by atoms with Crippen LogP contribution in [0.2, 0.25) is 5.02 Å². The van der Waals surface area contributed by atoms with Gasteiger partial charge in [0.15, 0.2) is 0 Å². The quantitative estimate of drug-likeness (QED) is 0.343. The van der Waals surface area contributed by atoms with E-state index < -0.39 is 0 Å². The predicted octanol–water partition coefficient (Wildman–Crippen LogP) is 4.59. The van der Waals surface area contributed by atoms with Gasteiger partial charge in [0.25, 0.3) is 0 Å². The molecule has 0 amide bonds. The fraction of sp³-hybridized carbons (Fsp3) is 0. The molecule has 0 spiro atoms. The minimum absolute atomic E-state index is 0.715. The highest BCUT2D eigenvalue weighted by molar-refractivity contribution is 6.37. The van der Waals surface area contributed by atoms with Gasteiger partial charge in [-0.3, -0.25) is 0 Å². The first-order valence-corrected chi connectivity index (χ1v) is 6.44. The summed E-state index contributed by atoms with van der Waals surface area (Å²) in [5.41, 5.74) is 3.53. The van der Waals surface area contributed by atoms with Crippen LogP contribution in [0.5, 0.6) is 0 Å². The van der Waals surface area contributed by atoms with E-state index in [0.29, 0.717) is 5.02 Å². The topological polar surface area (TPSA) is 25.8 Å². The Morgan fingerprint density at radius 3 is 2.32 bits per heavy atom. The molecule has 0 saturated heterocycles. The number of aromatic nitrogens is 2. The summed E-state index contributed by atoms with van der Waals surface area (Å²) in [6, 6.07) is 17.8. The molecule has 4 aromatic rings. The van der Waals surface area contributed by atoms with Crippen molar-refractivity contribution < 1.29 is 0 Å². The number of halogens is 1. The van der Waals surface area contributed by atoms with Crippen LogP contribution in [0.25, 0.3) is 32.8 Å². The van der Waals surface area contributed by atoms with E-state index in [1.54, 1.807) is 0 Å². The van der Waals surface area contributed by atoms with Gasteiger partial charge < -0.3 is 0 Å². The summed E-state index contributed by atoms with van der Waals surface area (Å²) >= 11 is 6.32. The number of para-hydroxylation sites is 2. The van der Waals surface area contributed by atoms with Gasteiger partial charge in [-0.05, 0) is 29.7 Å². The van der Waals surface area contributed by atoms with Gasteiger partial charge >= 0.3 is 0 Å². The molecule has 0 unspecified atom stereocenters. The molecule has 0 aliphatic heterocycles. The molecular weight excluding hydrogens is 256 g/mol. The van der Waals surface area contributed by atoms with E-state index in [0.717, 1.165) is 32.8 Å². The maximum atomic E-state index is 6.32. The van der Waals surface area contributed by atoms with Crippen molar-refractivity contribution in [2.75, 3.05) is 0 Å². The lowest BCUT2D eigenvalue weighted by Gasteiger charge is -2.06. The van der Waals surface area contributed by atoms with Crippen molar-refractivity contribution in [3.8, 4) is 0 Å². The van der Waals surface area contributed by atoms with Crippen LogP contribution >= 0.6 is 11.6 Å². The van der Waals surface area contributed by atoms with Crippen LogP contribution in [0.4, 0.5) is 0 Å². The molecule has 3 aromatic carbocycles. The molecule has 0 radical (unpaired) electrons. The molecule has 0 fully saturated rings. The highest BCUT2D eigenvalue weighted by atomic mass is 35.5. The van der Waals surface area contributed by atoms with E-state index in [4.69, 9.17) is 16.6 Å². The summed E-state index contributed by atoms with van der Waals surface area (Å²) in [5, 5.41) is 2.78. The third kappa shape index (κ3) is 1.57. The lowest BCUT2D eigenvalue weighted by Crippen LogP contribution is -1.88. The summed E-state index contributed by atoms with van der Waals surface area (Å²) in [5.74, 6) is 0. The zero-order valence-corrected chi connectivity index (χ0v) is 10.7. The first-order valence-electron chi connectivity index (χ1n) is 6.07. The second kappa shape index (κ2) is 3.90. The average Bonchev–Trinajstić information content (AvgIpc) is 2.45. The zero-order valence-electron chi connectivity index (χ0n) is 9.97. The third-order valence-corrected chi connectivity index (χ3v) is 3.62. The first-order chi connectivity index (χ1) is 9.33. The van der Waals surface area contributed by atoms with Gasteiger partial charge in [-0.15, -0.1) is 0 Å². The molecule has 2 nitrogen and oxygen atoms in total. The van der Waals surface area contributed by atoms with Gasteiger partial charge in [-0.25, -0.2) is 9.97 Å². The Morgan fingerprint density at radius 2 is 1.47 bits per heavy atom. The molecular formula is C16H9ClN2. The van der Waals surface area contributed by atoms with Crippen molar-refractivity contribution in [2.45, 2.75) is 0 Å². The van der Waals surface area contributed by atoms with Crippen LogP contribution in [-0.2, 0) is 0 Å². The average molecular weight is 265 g/mol. The number of nitrogens with zero attached hydrogens (tertiary/aromatic N) is 2. The Balaban J connectivity index is 2.29. The maximum Gasteiger partial charge on any atom is 0.0987 e. The maximum absolute atomic E-state index is 6.32. The molecule has 0 N–H and O–H groups in total. The minimum Gasteiger partial charge on any atom is -0.244 e. The summed E-state index contributed by atoms with van der Waals surface area (Å²) in [6.07, 6.45) is 0. The first kappa shape index (κ1) is 10.7. The van der Waals surface area contributed by atoms with Crippen molar-refractivity contribution in [3.63, 3.8) is 0 Å². The van der Waals surface area contributed by atoms with Crippen LogP contribution < -0.4 is 0 Å². The second-order valence-electron chi connectivity index (χ2n) is 4.48. The van der Waals surface area contributed by atoms with Crippen LogP contribution in [0.1, 0.15) is 0 Å². The number of hydrogen-bond acceptors (Lipinski definition) is 2. The van der Waals surface area contributed by atoms with Crippen molar-refractivity contribution >= 4 is 44.4 Å². The largest absolute Gasteiger partial charge is 0.244 e. The number of rotatable bonds is 0. The molecule has 4 rings (SSSR count). The summed E-state index contributed by atoms with van der Waals surface area (Å²) in [7, 11) is 0. The monoisotopic (exact) mass is 264 g/mol. The minimum atomic E-state index is 0.715. The Morgan fingerprint density at radius 1 is 0.684 bits per heavy atom. The Bertz CT molecular complexity index is 931. The summed E-state index contributed by atoms with van der Waals surface area (Å²) in [6.45, 7) is 0. The SMILES string of the molecule is Clc1cccc2ccc3nc4ccccc4nc3c12. The summed E-state index contributed by atoms with van der Waals surface area (Å²) in [4.78, 5) is 9.37. The smallest absolute Gasteiger partial charge is 0.0987 e. The summed E-state index contributed by atoms with van der Waals surface area (Å²) < 4.78 is 0. The molecule has 1 heterocycles. The highest BCUT2D eigenvalue weighted by Gasteiger charge is 2.07. The van der Waals surface area contributed by atoms with Crippen LogP contribution in [0.15, 0.2) is 54.6 Å². The standard InChI is InChI=1S/C16H9ClN2/c17-11-5-3-4-10-8-9-14-16(15(10)11)19-13-7-2-1-6-12(13)18-14/h1-9H. The van der Waals surface area contributed by atoms with Crippen LogP contribution in [0, 0.1) is 0 Å². The molecule has 0 saturated carbocycles. The van der Waals surface area contributed by atoms with Gasteiger partial charge in [-0.1, -0.05) is 41.9 Å². The Labute approximate surface area is 114 Å². The van der Waals surface area contributed by atoms with Gasteiger partial charge in [0.1, 0.15) is 0 Å². The Kier molecular flexibility index (Phi) is 2.20. The fourth-order valence-electron chi connectivity index (χ4n) is 2.41. The molecule has 0 bridgehead atoms. The van der Waals surface area contributed by atoms with E-state index in [1.165, 1.54) is 0 Å². The van der Waals surface area contributed by atoms with E-state index >= 15 is 0 Å². The second-order valence-corrected chi connectivity index (χ2v) is 4.89. The number of fused-ring (bicyclic) bond motifs is 4.